The number of thiophene rings is 1. The normalized spacial score (nSPS) is 10.3. The molecular weight excluding hydrogens is 248 g/mol. The minimum Gasteiger partial charge on any atom is -0.308 e. The molecule has 0 spiro atoms. The number of hydrogen-bond acceptors (Lipinski definition) is 4. The lowest BCUT2D eigenvalue weighted by atomic mass is 10.2. The number of Topliss-reactive ketones (excluding diaryl/α,β-unsaturated/α-hetero) is 1. The maximum atomic E-state index is 11.7. The lowest BCUT2D eigenvalue weighted by molar-refractivity contribution is 0.0995. The Morgan fingerprint density at radius 3 is 3.06 bits per heavy atom. The van der Waals surface area contributed by atoms with Crippen LogP contribution in [0.4, 0.5) is 0 Å². The van der Waals surface area contributed by atoms with Crippen molar-refractivity contribution in [3.8, 4) is 0 Å². The summed E-state index contributed by atoms with van der Waals surface area (Å²) < 4.78 is 0. The third-order valence-corrected chi connectivity index (χ3v) is 3.21. The molecule has 0 fully saturated rings. The minimum absolute atomic E-state index is 0.0706. The Balaban J connectivity index is 2.24. The molecule has 0 saturated heterocycles. The average Bonchev–Trinajstić information content (AvgIpc) is 2.76. The summed E-state index contributed by atoms with van der Waals surface area (Å²) in [6.07, 6.45) is 1.33. The smallest absolute Gasteiger partial charge is 0.308 e. The second-order valence-corrected chi connectivity index (χ2v) is 4.45. The van der Waals surface area contributed by atoms with Crippen LogP contribution in [0, 0.1) is 0 Å². The van der Waals surface area contributed by atoms with Crippen molar-refractivity contribution in [1.82, 2.24) is 9.97 Å². The quantitative estimate of drug-likeness (QED) is 0.851. The first-order valence-corrected chi connectivity index (χ1v) is 5.73. The van der Waals surface area contributed by atoms with Gasteiger partial charge in [0.2, 0.25) is 0 Å². The van der Waals surface area contributed by atoms with Gasteiger partial charge in [0.15, 0.2) is 5.78 Å². The summed E-state index contributed by atoms with van der Waals surface area (Å²) in [6, 6.07) is 3.54. The SMILES string of the molecule is O=C(Cc1[nH]c(=O)ncc1Cl)c1cccs1. The fourth-order valence-electron chi connectivity index (χ4n) is 1.23. The maximum Gasteiger partial charge on any atom is 0.345 e. The van der Waals surface area contributed by atoms with Gasteiger partial charge >= 0.3 is 5.69 Å². The first-order chi connectivity index (χ1) is 7.66. The summed E-state index contributed by atoms with van der Waals surface area (Å²) in [5, 5.41) is 2.12. The third-order valence-electron chi connectivity index (χ3n) is 1.97. The van der Waals surface area contributed by atoms with E-state index in [1.165, 1.54) is 17.5 Å². The number of rotatable bonds is 3. The molecule has 16 heavy (non-hydrogen) atoms. The predicted octanol–water partition coefficient (Wildman–Crippen LogP) is 1.91. The third kappa shape index (κ3) is 2.37. The Labute approximate surface area is 99.9 Å². The van der Waals surface area contributed by atoms with Crippen LogP contribution in [-0.4, -0.2) is 15.8 Å². The van der Waals surface area contributed by atoms with Gasteiger partial charge in [-0.2, -0.15) is 0 Å². The Bertz CT molecular complexity index is 562. The van der Waals surface area contributed by atoms with Crippen molar-refractivity contribution >= 4 is 28.7 Å². The van der Waals surface area contributed by atoms with Crippen LogP contribution in [0.2, 0.25) is 5.02 Å². The van der Waals surface area contributed by atoms with E-state index < -0.39 is 5.69 Å². The van der Waals surface area contributed by atoms with Gasteiger partial charge in [-0.15, -0.1) is 11.3 Å². The van der Waals surface area contributed by atoms with Crippen LogP contribution in [-0.2, 0) is 6.42 Å². The second-order valence-electron chi connectivity index (χ2n) is 3.09. The van der Waals surface area contributed by atoms with E-state index in [0.29, 0.717) is 15.6 Å². The van der Waals surface area contributed by atoms with Crippen LogP contribution < -0.4 is 5.69 Å². The highest BCUT2D eigenvalue weighted by atomic mass is 35.5. The molecule has 0 aliphatic carbocycles. The largest absolute Gasteiger partial charge is 0.345 e. The van der Waals surface area contributed by atoms with Gasteiger partial charge in [0.1, 0.15) is 0 Å². The number of carbonyl (C=O) groups excluding carboxylic acids is 1. The number of aromatic nitrogens is 2. The summed E-state index contributed by atoms with van der Waals surface area (Å²) in [5.74, 6) is -0.0706. The topological polar surface area (TPSA) is 62.8 Å². The first kappa shape index (κ1) is 11.0. The zero-order valence-corrected chi connectivity index (χ0v) is 9.64. The van der Waals surface area contributed by atoms with Crippen LogP contribution >= 0.6 is 22.9 Å². The highest BCUT2D eigenvalue weighted by molar-refractivity contribution is 7.12. The van der Waals surface area contributed by atoms with Crippen LogP contribution in [0.15, 0.2) is 28.5 Å². The number of hydrogen-bond donors (Lipinski definition) is 1. The molecule has 0 radical (unpaired) electrons. The Morgan fingerprint density at radius 1 is 1.56 bits per heavy atom. The van der Waals surface area contributed by atoms with Gasteiger partial charge in [0.25, 0.3) is 0 Å². The van der Waals surface area contributed by atoms with Gasteiger partial charge < -0.3 is 4.98 Å². The first-order valence-electron chi connectivity index (χ1n) is 4.47. The van der Waals surface area contributed by atoms with Gasteiger partial charge in [0.05, 0.1) is 22.5 Å². The van der Waals surface area contributed by atoms with Gasteiger partial charge in [-0.1, -0.05) is 17.7 Å². The van der Waals surface area contributed by atoms with E-state index in [2.05, 4.69) is 9.97 Å². The van der Waals surface area contributed by atoms with Crippen molar-refractivity contribution in [1.29, 1.82) is 0 Å². The van der Waals surface area contributed by atoms with E-state index in [1.807, 2.05) is 5.38 Å². The molecule has 2 rings (SSSR count). The molecular formula is C10H7ClN2O2S. The number of carbonyl (C=O) groups is 1. The summed E-state index contributed by atoms with van der Waals surface area (Å²) in [7, 11) is 0. The van der Waals surface area contributed by atoms with E-state index in [9.17, 15) is 9.59 Å². The van der Waals surface area contributed by atoms with Crippen molar-refractivity contribution in [2.45, 2.75) is 6.42 Å². The van der Waals surface area contributed by atoms with Crippen molar-refractivity contribution < 1.29 is 4.79 Å². The lowest BCUT2D eigenvalue weighted by Gasteiger charge is -2.00. The molecule has 0 atom stereocenters. The van der Waals surface area contributed by atoms with E-state index in [1.54, 1.807) is 12.1 Å². The monoisotopic (exact) mass is 254 g/mol. The maximum absolute atomic E-state index is 11.7. The Kier molecular flexibility index (Phi) is 3.17. The van der Waals surface area contributed by atoms with Gasteiger partial charge in [0, 0.05) is 5.69 Å². The molecule has 0 aliphatic heterocycles. The Morgan fingerprint density at radius 2 is 2.38 bits per heavy atom. The number of ketones is 1. The van der Waals surface area contributed by atoms with E-state index in [4.69, 9.17) is 11.6 Å². The molecule has 0 aromatic carbocycles. The molecule has 0 amide bonds. The van der Waals surface area contributed by atoms with Crippen LogP contribution in [0.25, 0.3) is 0 Å². The number of H-pyrrole nitrogens is 1. The molecule has 0 aliphatic rings. The molecule has 2 aromatic rings. The molecule has 4 nitrogen and oxygen atoms in total. The molecule has 6 heteroatoms. The highest BCUT2D eigenvalue weighted by Gasteiger charge is 2.11. The average molecular weight is 255 g/mol. The zero-order valence-electron chi connectivity index (χ0n) is 8.07. The number of aromatic amines is 1. The molecule has 0 bridgehead atoms. The standard InChI is InChI=1S/C10H7ClN2O2S/c11-6-5-12-10(15)13-7(6)4-8(14)9-2-1-3-16-9/h1-3,5H,4H2,(H,12,13,15). The lowest BCUT2D eigenvalue weighted by Crippen LogP contribution is -2.14. The van der Waals surface area contributed by atoms with Crippen molar-refractivity contribution in [2.24, 2.45) is 0 Å². The predicted molar refractivity (Wildman–Crippen MR) is 62.2 cm³/mol. The van der Waals surface area contributed by atoms with Gasteiger partial charge in [-0.3, -0.25) is 4.79 Å². The number of nitrogens with one attached hydrogen (secondary N) is 1. The summed E-state index contributed by atoms with van der Waals surface area (Å²) in [5.41, 5.74) is -0.0987. The molecule has 1 N–H and O–H groups in total. The molecule has 0 unspecified atom stereocenters. The fourth-order valence-corrected chi connectivity index (χ4v) is 2.06. The molecule has 0 saturated carbocycles. The second kappa shape index (κ2) is 4.59. The van der Waals surface area contributed by atoms with Gasteiger partial charge in [-0.05, 0) is 11.4 Å². The van der Waals surface area contributed by atoms with Crippen molar-refractivity contribution in [3.63, 3.8) is 0 Å². The number of halogens is 1. The van der Waals surface area contributed by atoms with E-state index >= 15 is 0 Å². The number of nitrogens with zero attached hydrogens (tertiary/aromatic N) is 1. The van der Waals surface area contributed by atoms with Crippen LogP contribution in [0.5, 0.6) is 0 Å². The zero-order chi connectivity index (χ0) is 11.5. The van der Waals surface area contributed by atoms with Gasteiger partial charge in [-0.25, -0.2) is 9.78 Å². The van der Waals surface area contributed by atoms with Crippen LogP contribution in [0.1, 0.15) is 15.4 Å². The fraction of sp³-hybridized carbons (Fsp3) is 0.100. The molecule has 2 heterocycles. The summed E-state index contributed by atoms with van der Waals surface area (Å²) in [4.78, 5) is 29.3. The molecule has 82 valence electrons. The molecule has 2 aromatic heterocycles. The van der Waals surface area contributed by atoms with E-state index in [-0.39, 0.29) is 12.2 Å². The Hall–Kier alpha value is -1.46. The summed E-state index contributed by atoms with van der Waals surface area (Å²) in [6.45, 7) is 0. The van der Waals surface area contributed by atoms with E-state index in [0.717, 1.165) is 0 Å². The minimum atomic E-state index is -0.502. The van der Waals surface area contributed by atoms with Crippen molar-refractivity contribution in [3.05, 3.63) is 49.8 Å². The van der Waals surface area contributed by atoms with Crippen LogP contribution in [0.3, 0.4) is 0 Å². The summed E-state index contributed by atoms with van der Waals surface area (Å²) >= 11 is 7.18. The van der Waals surface area contributed by atoms with Crippen molar-refractivity contribution in [2.75, 3.05) is 0 Å². The highest BCUT2D eigenvalue weighted by Crippen LogP contribution is 2.15.